The van der Waals surface area contributed by atoms with Crippen molar-refractivity contribution in [2.24, 2.45) is 5.92 Å². The number of nitriles is 1. The SMILES string of the molecule is CC(C)(C#N)Nc1c(F)c(Cl)c(-c2ccn3nc(NC(=O)C4CC4F)cc3c2)c2cn[nH]c12. The van der Waals surface area contributed by atoms with E-state index in [0.29, 0.717) is 33.4 Å². The second-order valence-electron chi connectivity index (χ2n) is 8.56. The van der Waals surface area contributed by atoms with Crippen molar-refractivity contribution < 1.29 is 13.6 Å². The number of nitrogens with zero attached hydrogens (tertiary/aromatic N) is 4. The first kappa shape index (κ1) is 21.2. The number of aromatic amines is 1. The van der Waals surface area contributed by atoms with Crippen molar-refractivity contribution in [3.63, 3.8) is 0 Å². The first-order chi connectivity index (χ1) is 15.7. The molecule has 0 spiro atoms. The number of carbonyl (C=O) groups excluding carboxylic acids is 1. The smallest absolute Gasteiger partial charge is 0.231 e. The molecule has 168 valence electrons. The average molecular weight is 470 g/mol. The normalized spacial score (nSPS) is 17.8. The number of benzene rings is 1. The Morgan fingerprint density at radius 2 is 2.18 bits per heavy atom. The van der Waals surface area contributed by atoms with Gasteiger partial charge in [0.1, 0.15) is 11.7 Å². The van der Waals surface area contributed by atoms with Crippen molar-refractivity contribution in [1.82, 2.24) is 19.8 Å². The van der Waals surface area contributed by atoms with Gasteiger partial charge in [0.15, 0.2) is 11.6 Å². The molecule has 8 nitrogen and oxygen atoms in total. The van der Waals surface area contributed by atoms with Crippen LogP contribution in [0.2, 0.25) is 5.02 Å². The molecule has 0 bridgehead atoms. The summed E-state index contributed by atoms with van der Waals surface area (Å²) in [5, 5.41) is 26.4. The molecule has 3 heterocycles. The largest absolute Gasteiger partial charge is 0.364 e. The molecule has 11 heteroatoms. The highest BCUT2D eigenvalue weighted by Crippen LogP contribution is 2.42. The topological polar surface area (TPSA) is 111 Å². The molecule has 0 radical (unpaired) electrons. The number of hydrogen-bond acceptors (Lipinski definition) is 5. The number of hydrogen-bond donors (Lipinski definition) is 3. The Hall–Kier alpha value is -3.71. The molecule has 1 saturated carbocycles. The van der Waals surface area contributed by atoms with E-state index in [9.17, 15) is 14.4 Å². The van der Waals surface area contributed by atoms with Crippen molar-refractivity contribution >= 4 is 45.4 Å². The number of anilines is 2. The third-order valence-electron chi connectivity index (χ3n) is 5.56. The van der Waals surface area contributed by atoms with E-state index in [2.05, 4.69) is 32.0 Å². The maximum atomic E-state index is 15.3. The number of amides is 1. The molecule has 33 heavy (non-hydrogen) atoms. The minimum Gasteiger partial charge on any atom is -0.364 e. The average Bonchev–Trinajstić information content (AvgIpc) is 3.15. The van der Waals surface area contributed by atoms with Crippen LogP contribution in [0.1, 0.15) is 20.3 Å². The van der Waals surface area contributed by atoms with Gasteiger partial charge >= 0.3 is 0 Å². The predicted octanol–water partition coefficient (Wildman–Crippen LogP) is 4.68. The highest BCUT2D eigenvalue weighted by Gasteiger charge is 2.43. The summed E-state index contributed by atoms with van der Waals surface area (Å²) in [5.41, 5.74) is 1.05. The number of fused-ring (bicyclic) bond motifs is 2. The van der Waals surface area contributed by atoms with E-state index >= 15 is 4.39 Å². The highest BCUT2D eigenvalue weighted by molar-refractivity contribution is 6.36. The van der Waals surface area contributed by atoms with Gasteiger partial charge in [-0.1, -0.05) is 11.6 Å². The maximum Gasteiger partial charge on any atom is 0.231 e. The zero-order valence-corrected chi connectivity index (χ0v) is 18.3. The lowest BCUT2D eigenvalue weighted by Crippen LogP contribution is -2.29. The number of nitrogens with one attached hydrogen (secondary N) is 3. The van der Waals surface area contributed by atoms with Gasteiger partial charge in [-0.05, 0) is 38.0 Å². The van der Waals surface area contributed by atoms with Crippen LogP contribution in [-0.4, -0.2) is 37.4 Å². The van der Waals surface area contributed by atoms with Crippen LogP contribution in [0.3, 0.4) is 0 Å². The van der Waals surface area contributed by atoms with Crippen molar-refractivity contribution in [3.8, 4) is 17.2 Å². The molecule has 3 aromatic heterocycles. The number of alkyl halides is 1. The lowest BCUT2D eigenvalue weighted by molar-refractivity contribution is -0.117. The van der Waals surface area contributed by atoms with Gasteiger partial charge in [0, 0.05) is 23.2 Å². The monoisotopic (exact) mass is 469 g/mol. The summed E-state index contributed by atoms with van der Waals surface area (Å²) in [6.07, 6.45) is 2.32. The van der Waals surface area contributed by atoms with E-state index in [0.717, 1.165) is 0 Å². The van der Waals surface area contributed by atoms with Crippen molar-refractivity contribution in [2.75, 3.05) is 10.6 Å². The van der Waals surface area contributed by atoms with Crippen LogP contribution in [0, 0.1) is 23.1 Å². The van der Waals surface area contributed by atoms with Gasteiger partial charge in [0.25, 0.3) is 0 Å². The standard InChI is InChI=1S/C22H18ClF2N7O/c1-22(2,9-26)29-20-18(25)17(23)16(13-8-27-30-19(13)20)10-3-4-32-11(5-10)6-15(31-32)28-21(33)12-7-14(12)24/h3-6,8,12,14,29H,7H2,1-2H3,(H,27,30)(H,28,31,33). The number of halogens is 3. The van der Waals surface area contributed by atoms with Crippen LogP contribution in [0.25, 0.3) is 27.5 Å². The van der Waals surface area contributed by atoms with E-state index in [-0.39, 0.29) is 17.1 Å². The lowest BCUT2D eigenvalue weighted by atomic mass is 9.99. The van der Waals surface area contributed by atoms with Gasteiger partial charge in [0.05, 0.1) is 39.9 Å². The number of H-pyrrole nitrogens is 1. The summed E-state index contributed by atoms with van der Waals surface area (Å²) in [4.78, 5) is 12.0. The summed E-state index contributed by atoms with van der Waals surface area (Å²) < 4.78 is 30.0. The van der Waals surface area contributed by atoms with Gasteiger partial charge in [-0.25, -0.2) is 13.3 Å². The zero-order valence-electron chi connectivity index (χ0n) is 17.6. The van der Waals surface area contributed by atoms with E-state index in [1.54, 1.807) is 42.8 Å². The van der Waals surface area contributed by atoms with Crippen LogP contribution in [0.4, 0.5) is 20.3 Å². The van der Waals surface area contributed by atoms with Gasteiger partial charge < -0.3 is 10.6 Å². The van der Waals surface area contributed by atoms with Crippen molar-refractivity contribution in [2.45, 2.75) is 32.0 Å². The Morgan fingerprint density at radius 1 is 1.42 bits per heavy atom. The quantitative estimate of drug-likeness (QED) is 0.393. The Balaban J connectivity index is 1.57. The van der Waals surface area contributed by atoms with Crippen LogP contribution < -0.4 is 10.6 Å². The number of rotatable bonds is 5. The Morgan fingerprint density at radius 3 is 2.88 bits per heavy atom. The van der Waals surface area contributed by atoms with Gasteiger partial charge in [-0.15, -0.1) is 0 Å². The molecule has 0 aliphatic heterocycles. The molecule has 0 saturated heterocycles. The number of carbonyl (C=O) groups is 1. The minimum absolute atomic E-state index is 0.0597. The van der Waals surface area contributed by atoms with Crippen molar-refractivity contribution in [3.05, 3.63) is 41.4 Å². The summed E-state index contributed by atoms with van der Waals surface area (Å²) in [6.45, 7) is 3.24. The Labute approximate surface area is 191 Å². The first-order valence-corrected chi connectivity index (χ1v) is 10.5. The number of pyridine rings is 1. The molecule has 5 rings (SSSR count). The lowest BCUT2D eigenvalue weighted by Gasteiger charge is -2.21. The Bertz CT molecular complexity index is 1470. The van der Waals surface area contributed by atoms with Crippen LogP contribution in [-0.2, 0) is 4.79 Å². The Kier molecular flexibility index (Phi) is 4.76. The van der Waals surface area contributed by atoms with Crippen LogP contribution in [0.5, 0.6) is 0 Å². The third kappa shape index (κ3) is 3.64. The third-order valence-corrected chi connectivity index (χ3v) is 5.91. The van der Waals surface area contributed by atoms with Crippen LogP contribution in [0.15, 0.2) is 30.6 Å². The van der Waals surface area contributed by atoms with Crippen molar-refractivity contribution in [1.29, 1.82) is 5.26 Å². The summed E-state index contributed by atoms with van der Waals surface area (Å²) in [5.74, 6) is -1.45. The molecule has 2 unspecified atom stereocenters. The molecule has 1 aromatic carbocycles. The fourth-order valence-corrected chi connectivity index (χ4v) is 4.02. The molecule has 1 aliphatic carbocycles. The van der Waals surface area contributed by atoms with E-state index in [1.807, 2.05) is 0 Å². The predicted molar refractivity (Wildman–Crippen MR) is 120 cm³/mol. The van der Waals surface area contributed by atoms with Gasteiger partial charge in [-0.3, -0.25) is 9.89 Å². The second kappa shape index (κ2) is 7.42. The summed E-state index contributed by atoms with van der Waals surface area (Å²) in [7, 11) is 0. The number of aromatic nitrogens is 4. The molecule has 3 N–H and O–H groups in total. The van der Waals surface area contributed by atoms with Crippen LogP contribution >= 0.6 is 11.6 Å². The van der Waals surface area contributed by atoms with E-state index < -0.39 is 29.4 Å². The fraction of sp³-hybridized carbons (Fsp3) is 0.273. The zero-order chi connectivity index (χ0) is 23.5. The fourth-order valence-electron chi connectivity index (χ4n) is 3.72. The molecule has 1 aliphatic rings. The van der Waals surface area contributed by atoms with Gasteiger partial charge in [0.2, 0.25) is 5.91 Å². The molecular formula is C22H18ClF2N7O. The first-order valence-electron chi connectivity index (χ1n) is 10.2. The molecule has 2 atom stereocenters. The van der Waals surface area contributed by atoms with E-state index in [4.69, 9.17) is 11.6 Å². The minimum atomic E-state index is -1.10. The molecular weight excluding hydrogens is 452 g/mol. The van der Waals surface area contributed by atoms with E-state index in [1.165, 1.54) is 6.20 Å². The maximum absolute atomic E-state index is 15.3. The summed E-state index contributed by atoms with van der Waals surface area (Å²) in [6, 6.07) is 7.17. The molecule has 1 fully saturated rings. The highest BCUT2D eigenvalue weighted by atomic mass is 35.5. The molecule has 4 aromatic rings. The van der Waals surface area contributed by atoms with Gasteiger partial charge in [-0.2, -0.15) is 15.5 Å². The summed E-state index contributed by atoms with van der Waals surface area (Å²) >= 11 is 6.47. The second-order valence-corrected chi connectivity index (χ2v) is 8.94. The molecule has 1 amide bonds.